The van der Waals surface area contributed by atoms with E-state index in [0.717, 1.165) is 70.6 Å². The zero-order valence-corrected chi connectivity index (χ0v) is 63.6. The number of rotatable bonds is 78. The molecule has 0 aliphatic rings. The molecule has 0 saturated carbocycles. The zero-order chi connectivity index (χ0) is 68.6. The van der Waals surface area contributed by atoms with Gasteiger partial charge in [0.2, 0.25) is 0 Å². The second-order valence-corrected chi connectivity index (χ2v) is 29.1. The van der Waals surface area contributed by atoms with Gasteiger partial charge >= 0.3 is 19.8 Å². The molecular weight excluding hydrogens is 1190 g/mol. The fraction of sp³-hybridized carbons (Fsp3) is 0.812. The Balaban J connectivity index is 3.75. The zero-order valence-electron chi connectivity index (χ0n) is 62.7. The maximum absolute atomic E-state index is 12.8. The van der Waals surface area contributed by atoms with Gasteiger partial charge in [0.15, 0.2) is 6.10 Å². The number of unbranched alkanes of at least 4 members (excludes halogenated alkanes) is 51. The van der Waals surface area contributed by atoms with Crippen molar-refractivity contribution in [1.29, 1.82) is 0 Å². The highest BCUT2D eigenvalue weighted by atomic mass is 31.2. The molecule has 9 nitrogen and oxygen atoms in total. The molecule has 2 unspecified atom stereocenters. The summed E-state index contributed by atoms with van der Waals surface area (Å²) in [6.45, 7) is 3.69. The minimum absolute atomic E-state index is 0.0548. The second-order valence-electron chi connectivity index (χ2n) is 27.6. The summed E-state index contributed by atoms with van der Waals surface area (Å²) in [7, 11) is -4.40. The van der Waals surface area contributed by atoms with Crippen LogP contribution in [0.2, 0.25) is 0 Å². The molecule has 0 amide bonds. The molecule has 2 atom stereocenters. The van der Waals surface area contributed by atoms with Gasteiger partial charge in [-0.05, 0) is 89.9 Å². The van der Waals surface area contributed by atoms with Crippen molar-refractivity contribution in [2.75, 3.05) is 26.4 Å². The number of nitrogens with two attached hydrogens (primary N) is 1. The van der Waals surface area contributed by atoms with Crippen LogP contribution in [0.25, 0.3) is 0 Å². The number of carbonyl (C=O) groups is 2. The van der Waals surface area contributed by atoms with Crippen LogP contribution in [-0.2, 0) is 32.7 Å². The highest BCUT2D eigenvalue weighted by Gasteiger charge is 2.26. The van der Waals surface area contributed by atoms with Crippen LogP contribution < -0.4 is 5.73 Å². The Bertz CT molecular complexity index is 1840. The van der Waals surface area contributed by atoms with Gasteiger partial charge in [0.05, 0.1) is 13.2 Å². The number of esters is 2. The van der Waals surface area contributed by atoms with Crippen molar-refractivity contribution in [3.05, 3.63) is 85.1 Å². The van der Waals surface area contributed by atoms with E-state index in [1.54, 1.807) is 0 Å². The number of hydrogen-bond donors (Lipinski definition) is 2. The van der Waals surface area contributed by atoms with E-state index in [1.165, 1.54) is 308 Å². The topological polar surface area (TPSA) is 134 Å². The average molecular weight is 1350 g/mol. The molecule has 0 aromatic rings. The van der Waals surface area contributed by atoms with Crippen LogP contribution in [0.4, 0.5) is 0 Å². The van der Waals surface area contributed by atoms with Crippen molar-refractivity contribution in [3.8, 4) is 0 Å². The molecule has 0 saturated heterocycles. The third-order valence-electron chi connectivity index (χ3n) is 18.3. The van der Waals surface area contributed by atoms with Crippen LogP contribution in [0.1, 0.15) is 412 Å². The van der Waals surface area contributed by atoms with Gasteiger partial charge in [0.1, 0.15) is 6.61 Å². The summed E-state index contributed by atoms with van der Waals surface area (Å²) >= 11 is 0. The van der Waals surface area contributed by atoms with Gasteiger partial charge in [-0.2, -0.15) is 0 Å². The van der Waals surface area contributed by atoms with Crippen LogP contribution in [0.15, 0.2) is 85.1 Å². The first kappa shape index (κ1) is 92.2. The molecule has 0 aromatic carbocycles. The fourth-order valence-corrected chi connectivity index (χ4v) is 13.0. The van der Waals surface area contributed by atoms with Crippen LogP contribution in [0.3, 0.4) is 0 Å². The Morgan fingerprint density at radius 2 is 0.579 bits per heavy atom. The number of phosphoric ester groups is 1. The van der Waals surface area contributed by atoms with E-state index in [0.29, 0.717) is 6.42 Å². The van der Waals surface area contributed by atoms with E-state index >= 15 is 0 Å². The molecule has 0 aromatic heterocycles. The minimum Gasteiger partial charge on any atom is -0.462 e. The Morgan fingerprint density at radius 3 is 0.863 bits per heavy atom. The molecule has 3 N–H and O–H groups in total. The van der Waals surface area contributed by atoms with Crippen molar-refractivity contribution in [2.45, 2.75) is 418 Å². The van der Waals surface area contributed by atoms with Crippen LogP contribution in [0, 0.1) is 0 Å². The standard InChI is InChI=1S/C85H156NO8P/c1-3-5-7-9-11-13-15-17-19-21-23-25-27-29-31-33-35-37-38-39-40-41-42-43-44-46-48-50-52-54-56-58-60-62-64-66-68-70-72-74-76-78-85(88)94-83(82-93-95(89,90)92-80-79-86)81-91-84(87)77-75-73-71-69-67-65-63-61-59-57-55-53-51-49-47-45-36-34-32-30-28-26-24-22-20-18-16-14-12-10-8-6-4-2/h5,7,11,13,16-19,22-25,29,31,83H,3-4,6,8-10,12,14-15,20-21,26-28,30,32-82,86H2,1-2H3,(H,89,90)/b7-5-,13-11-,18-16-,19-17-,24-22-,25-23-,31-29-. The predicted octanol–water partition coefficient (Wildman–Crippen LogP) is 27.7. The highest BCUT2D eigenvalue weighted by molar-refractivity contribution is 7.47. The highest BCUT2D eigenvalue weighted by Crippen LogP contribution is 2.43. The van der Waals surface area contributed by atoms with Gasteiger partial charge in [-0.25, -0.2) is 4.57 Å². The first-order valence-corrected chi connectivity index (χ1v) is 42.6. The fourth-order valence-electron chi connectivity index (χ4n) is 12.2. The summed E-state index contributed by atoms with van der Waals surface area (Å²) in [5, 5.41) is 0. The quantitative estimate of drug-likeness (QED) is 0.0264. The van der Waals surface area contributed by atoms with E-state index in [1.807, 2.05) is 0 Å². The van der Waals surface area contributed by atoms with Crippen molar-refractivity contribution in [2.24, 2.45) is 5.73 Å². The molecular formula is C85H156NO8P. The molecule has 0 spiro atoms. The SMILES string of the molecule is CC/C=C\C/C=C\C/C=C\C/C=C\C/C=C\CCCCCCCCCCCCCCCCCCCCCCCCCCCC(=O)OC(COC(=O)CCCCCCCCCCCCCCCCCCCCCCC/C=C\C/C=C\CCCCCCC)COP(=O)(O)OCCN. The monoisotopic (exact) mass is 1350 g/mol. The molecule has 0 rings (SSSR count). The maximum atomic E-state index is 12.8. The van der Waals surface area contributed by atoms with Gasteiger partial charge in [0, 0.05) is 19.4 Å². The Hall–Kier alpha value is -2.81. The smallest absolute Gasteiger partial charge is 0.462 e. The maximum Gasteiger partial charge on any atom is 0.472 e. The van der Waals surface area contributed by atoms with Gasteiger partial charge in [-0.3, -0.25) is 18.6 Å². The van der Waals surface area contributed by atoms with Gasteiger partial charge < -0.3 is 20.1 Å². The van der Waals surface area contributed by atoms with Crippen molar-refractivity contribution in [3.63, 3.8) is 0 Å². The Kier molecular flexibility index (Phi) is 77.8. The summed E-state index contributed by atoms with van der Waals surface area (Å²) in [6.07, 6.45) is 109. The molecule has 0 bridgehead atoms. The first-order chi connectivity index (χ1) is 46.8. The summed E-state index contributed by atoms with van der Waals surface area (Å²) in [4.78, 5) is 35.5. The Morgan fingerprint density at radius 1 is 0.326 bits per heavy atom. The number of hydrogen-bond acceptors (Lipinski definition) is 8. The normalized spacial score (nSPS) is 13.3. The largest absolute Gasteiger partial charge is 0.472 e. The molecule has 0 heterocycles. The average Bonchev–Trinajstić information content (AvgIpc) is 2.75. The van der Waals surface area contributed by atoms with Crippen molar-refractivity contribution < 1.29 is 37.6 Å². The lowest BCUT2D eigenvalue weighted by atomic mass is 10.0. The lowest BCUT2D eigenvalue weighted by Gasteiger charge is -2.19. The third-order valence-corrected chi connectivity index (χ3v) is 19.2. The van der Waals surface area contributed by atoms with E-state index in [-0.39, 0.29) is 38.6 Å². The molecule has 0 radical (unpaired) electrons. The number of phosphoric acid groups is 1. The molecule has 0 aliphatic heterocycles. The van der Waals surface area contributed by atoms with Crippen LogP contribution in [-0.4, -0.2) is 49.3 Å². The lowest BCUT2D eigenvalue weighted by molar-refractivity contribution is -0.161. The third kappa shape index (κ3) is 80.1. The van der Waals surface area contributed by atoms with Crippen LogP contribution >= 0.6 is 7.82 Å². The number of carbonyl (C=O) groups excluding carboxylic acids is 2. The number of ether oxygens (including phenoxy) is 2. The molecule has 95 heavy (non-hydrogen) atoms. The molecule has 0 fully saturated rings. The summed E-state index contributed by atoms with van der Waals surface area (Å²) in [6, 6.07) is 0. The van der Waals surface area contributed by atoms with E-state index < -0.39 is 26.5 Å². The molecule has 0 aliphatic carbocycles. The van der Waals surface area contributed by atoms with E-state index in [9.17, 15) is 19.0 Å². The predicted molar refractivity (Wildman–Crippen MR) is 413 cm³/mol. The second kappa shape index (κ2) is 80.2. The Labute approximate surface area is 589 Å². The molecule has 10 heteroatoms. The summed E-state index contributed by atoms with van der Waals surface area (Å²) < 4.78 is 33.3. The van der Waals surface area contributed by atoms with E-state index in [2.05, 4.69) is 98.9 Å². The van der Waals surface area contributed by atoms with Gasteiger partial charge in [-0.1, -0.05) is 394 Å². The van der Waals surface area contributed by atoms with Crippen molar-refractivity contribution in [1.82, 2.24) is 0 Å². The molecule has 554 valence electrons. The summed E-state index contributed by atoms with van der Waals surface area (Å²) in [5.41, 5.74) is 5.42. The van der Waals surface area contributed by atoms with E-state index in [4.69, 9.17) is 24.3 Å². The van der Waals surface area contributed by atoms with Crippen LogP contribution in [0.5, 0.6) is 0 Å². The van der Waals surface area contributed by atoms with Crippen molar-refractivity contribution >= 4 is 19.8 Å². The lowest BCUT2D eigenvalue weighted by Crippen LogP contribution is -2.29. The van der Waals surface area contributed by atoms with Gasteiger partial charge in [0.25, 0.3) is 0 Å². The summed E-state index contributed by atoms with van der Waals surface area (Å²) in [5.74, 6) is -0.805. The minimum atomic E-state index is -4.40. The first-order valence-electron chi connectivity index (χ1n) is 41.1. The number of allylic oxidation sites excluding steroid dienone is 14. The van der Waals surface area contributed by atoms with Gasteiger partial charge in [-0.15, -0.1) is 0 Å².